The van der Waals surface area contributed by atoms with Crippen molar-refractivity contribution in [2.75, 3.05) is 31.9 Å². The van der Waals surface area contributed by atoms with Crippen molar-refractivity contribution in [3.8, 4) is 0 Å². The molecule has 68 heavy (non-hydrogen) atoms. The number of benzene rings is 5. The van der Waals surface area contributed by atoms with E-state index in [-0.39, 0.29) is 23.1 Å². The molecule has 19 heteroatoms. The number of hydrogen-bond donors (Lipinski definition) is 7. The zero-order valence-electron chi connectivity index (χ0n) is 37.9. The summed E-state index contributed by atoms with van der Waals surface area (Å²) in [7, 11) is 0. The summed E-state index contributed by atoms with van der Waals surface area (Å²) in [4.78, 5) is 80.5. The molecule has 6 amide bonds. The number of non-ortho nitro benzene ring substituents is 1. The number of nitrogens with zero attached hydrogens (tertiary/aromatic N) is 1. The van der Waals surface area contributed by atoms with Crippen molar-refractivity contribution in [3.05, 3.63) is 171 Å². The molecule has 0 saturated carbocycles. The molecule has 1 heterocycles. The van der Waals surface area contributed by atoms with Gasteiger partial charge in [0.1, 0.15) is 11.2 Å². The topological polar surface area (TPSA) is 256 Å². The number of carbonyl (C=O) groups is 6. The molecule has 0 saturated heterocycles. The minimum atomic E-state index is -1.19. The van der Waals surface area contributed by atoms with Crippen LogP contribution in [0.3, 0.4) is 0 Å². The smallest absolute Gasteiger partial charge is 0.412 e. The molecular formula is C49H51N7O11S. The molecule has 0 aliphatic carbocycles. The summed E-state index contributed by atoms with van der Waals surface area (Å²) in [6.07, 6.45) is -1.89. The molecule has 0 fully saturated rings. The van der Waals surface area contributed by atoms with Gasteiger partial charge < -0.3 is 30.5 Å². The average Bonchev–Trinajstić information content (AvgIpc) is 3.81. The first-order valence-corrected chi connectivity index (χ1v) is 21.5. The Morgan fingerprint density at radius 2 is 0.985 bits per heavy atom. The fraction of sp³-hybridized carbons (Fsp3) is 0.184. The minimum Gasteiger partial charge on any atom is -0.465 e. The van der Waals surface area contributed by atoms with Crippen LogP contribution in [-0.4, -0.2) is 57.2 Å². The predicted octanol–water partition coefficient (Wildman–Crippen LogP) is 11.5. The van der Waals surface area contributed by atoms with Crippen molar-refractivity contribution >= 4 is 87.1 Å². The summed E-state index contributed by atoms with van der Waals surface area (Å²) in [5.41, 5.74) is 3.18. The molecule has 0 unspecified atom stereocenters. The van der Waals surface area contributed by atoms with Crippen molar-refractivity contribution in [2.45, 2.75) is 59.2 Å². The Morgan fingerprint density at radius 1 is 0.544 bits per heavy atom. The van der Waals surface area contributed by atoms with Crippen LogP contribution in [0, 0.1) is 10.1 Å². The zero-order chi connectivity index (χ0) is 49.9. The van der Waals surface area contributed by atoms with Gasteiger partial charge in [-0.3, -0.25) is 40.4 Å². The molecule has 0 aliphatic rings. The third kappa shape index (κ3) is 19.7. The number of thiophene rings is 1. The Hall–Kier alpha value is -8.58. The summed E-state index contributed by atoms with van der Waals surface area (Å²) in [6, 6.07) is 38.2. The summed E-state index contributed by atoms with van der Waals surface area (Å²) in [6.45, 7) is 10.8. The number of hydrogen-bond acceptors (Lipinski definition) is 11. The van der Waals surface area contributed by atoms with E-state index in [4.69, 9.17) is 14.6 Å². The number of nitrogens with one attached hydrogen (secondary N) is 6. The maximum atomic E-state index is 12.0. The van der Waals surface area contributed by atoms with Gasteiger partial charge in [-0.1, -0.05) is 42.5 Å². The maximum Gasteiger partial charge on any atom is 0.412 e. The highest BCUT2D eigenvalue weighted by atomic mass is 32.1. The van der Waals surface area contributed by atoms with Crippen molar-refractivity contribution < 1.29 is 48.3 Å². The molecule has 0 radical (unpaired) electrons. The average molecular weight is 946 g/mol. The van der Waals surface area contributed by atoms with Gasteiger partial charge in [0.2, 0.25) is 5.91 Å². The number of anilines is 6. The van der Waals surface area contributed by atoms with E-state index in [0.29, 0.717) is 45.4 Å². The van der Waals surface area contributed by atoms with E-state index in [1.165, 1.54) is 59.9 Å². The van der Waals surface area contributed by atoms with Gasteiger partial charge >= 0.3 is 18.3 Å². The SMILES string of the molecule is CC(C)(C)OC(=O)Nc1ccc(NC(=O)Cc2ccccc2)cc1.CC(C)(C)OC(=O)Nc1ccc(NC(=O)c2cccs2)cc1.O=C(O)Nc1ccc(NC(=O)c2cccc([N+](=O)[O-])c2)cc1. The lowest BCUT2D eigenvalue weighted by Gasteiger charge is -2.19. The van der Waals surface area contributed by atoms with Crippen LogP contribution in [0.25, 0.3) is 0 Å². The van der Waals surface area contributed by atoms with Gasteiger partial charge in [0, 0.05) is 51.8 Å². The van der Waals surface area contributed by atoms with Crippen molar-refractivity contribution in [1.82, 2.24) is 0 Å². The molecule has 18 nitrogen and oxygen atoms in total. The van der Waals surface area contributed by atoms with Gasteiger partial charge in [-0.2, -0.15) is 0 Å². The summed E-state index contributed by atoms with van der Waals surface area (Å²) >= 11 is 1.38. The molecule has 7 N–H and O–H groups in total. The predicted molar refractivity (Wildman–Crippen MR) is 263 cm³/mol. The quantitative estimate of drug-likeness (QED) is 0.0475. The molecule has 6 aromatic rings. The molecule has 5 aromatic carbocycles. The van der Waals surface area contributed by atoms with Gasteiger partial charge in [0.05, 0.1) is 16.2 Å². The van der Waals surface area contributed by atoms with Crippen LogP contribution in [0.5, 0.6) is 0 Å². The van der Waals surface area contributed by atoms with E-state index in [9.17, 15) is 38.9 Å². The monoisotopic (exact) mass is 945 g/mol. The summed E-state index contributed by atoms with van der Waals surface area (Å²) < 4.78 is 10.4. The number of carbonyl (C=O) groups excluding carboxylic acids is 5. The summed E-state index contributed by atoms with van der Waals surface area (Å²) in [5, 5.41) is 36.7. The van der Waals surface area contributed by atoms with E-state index in [1.807, 2.05) is 41.8 Å². The second-order valence-corrected chi connectivity index (χ2v) is 17.3. The van der Waals surface area contributed by atoms with Gasteiger partial charge in [-0.25, -0.2) is 14.4 Å². The lowest BCUT2D eigenvalue weighted by Crippen LogP contribution is -2.27. The second kappa shape index (κ2) is 24.6. The maximum absolute atomic E-state index is 12.0. The van der Waals surface area contributed by atoms with Crippen LogP contribution in [0.2, 0.25) is 0 Å². The largest absolute Gasteiger partial charge is 0.465 e. The molecular weight excluding hydrogens is 895 g/mol. The fourth-order valence-corrected chi connectivity index (χ4v) is 6.05. The molecule has 354 valence electrons. The van der Waals surface area contributed by atoms with Crippen molar-refractivity contribution in [2.24, 2.45) is 0 Å². The van der Waals surface area contributed by atoms with E-state index in [2.05, 4.69) is 31.9 Å². The molecule has 1 aromatic heterocycles. The third-order valence-corrected chi connectivity index (χ3v) is 9.14. The van der Waals surface area contributed by atoms with Crippen molar-refractivity contribution in [3.63, 3.8) is 0 Å². The zero-order valence-corrected chi connectivity index (χ0v) is 38.8. The Morgan fingerprint density at radius 3 is 1.41 bits per heavy atom. The lowest BCUT2D eigenvalue weighted by molar-refractivity contribution is -0.384. The Balaban J connectivity index is 0.000000223. The Kier molecular flexibility index (Phi) is 18.9. The van der Waals surface area contributed by atoms with E-state index >= 15 is 0 Å². The standard InChI is InChI=1S/C19H22N2O3.C16H18N2O3S.C14H11N3O5/c1-19(2,3)24-18(23)21-16-11-9-15(10-12-16)20-17(22)13-14-7-5-4-6-8-14;1-16(2,3)21-15(20)18-12-8-6-11(7-9-12)17-14(19)13-5-4-10-22-13;18-13(9-2-1-3-12(8-9)17(21)22)15-10-4-6-11(7-5-10)16-14(19)20/h4-12H,13H2,1-3H3,(H,20,22)(H,21,23);4-10H,1-3H3,(H,17,19)(H,18,20);1-8,16H,(H,15,18)(H,19,20). The first kappa shape index (κ1) is 52.0. The molecule has 0 bridgehead atoms. The van der Waals surface area contributed by atoms with Crippen LogP contribution in [0.15, 0.2) is 145 Å². The highest BCUT2D eigenvalue weighted by molar-refractivity contribution is 7.12. The van der Waals surface area contributed by atoms with E-state index in [1.54, 1.807) is 96.1 Å². The number of ether oxygens (including phenoxy) is 2. The molecule has 0 atom stereocenters. The molecule has 6 rings (SSSR count). The fourth-order valence-electron chi connectivity index (χ4n) is 5.43. The van der Waals surface area contributed by atoms with E-state index in [0.717, 1.165) is 5.56 Å². The molecule has 0 spiro atoms. The highest BCUT2D eigenvalue weighted by Crippen LogP contribution is 2.20. The number of carboxylic acid groups (broad SMARTS) is 1. The van der Waals surface area contributed by atoms with E-state index < -0.39 is 40.3 Å². The van der Waals surface area contributed by atoms with Gasteiger partial charge in [0.25, 0.3) is 17.5 Å². The van der Waals surface area contributed by atoms with Crippen LogP contribution in [0.4, 0.5) is 54.2 Å². The Labute approximate surface area is 396 Å². The highest BCUT2D eigenvalue weighted by Gasteiger charge is 2.18. The van der Waals surface area contributed by atoms with Crippen LogP contribution in [-0.2, 0) is 20.7 Å². The van der Waals surface area contributed by atoms with Crippen LogP contribution < -0.4 is 31.9 Å². The second-order valence-electron chi connectivity index (χ2n) is 16.3. The first-order chi connectivity index (χ1) is 32.1. The number of nitro benzene ring substituents is 1. The Bertz CT molecular complexity index is 2650. The van der Waals surface area contributed by atoms with Gasteiger partial charge in [-0.15, -0.1) is 11.3 Å². The minimum absolute atomic E-state index is 0.0888. The lowest BCUT2D eigenvalue weighted by atomic mass is 10.1. The normalized spacial score (nSPS) is 10.5. The van der Waals surface area contributed by atoms with Crippen LogP contribution in [0.1, 0.15) is 67.1 Å². The van der Waals surface area contributed by atoms with Gasteiger partial charge in [-0.05, 0) is 137 Å². The first-order valence-electron chi connectivity index (χ1n) is 20.7. The number of rotatable bonds is 11. The van der Waals surface area contributed by atoms with Gasteiger partial charge in [0.15, 0.2) is 0 Å². The van der Waals surface area contributed by atoms with Crippen molar-refractivity contribution in [1.29, 1.82) is 0 Å². The summed E-state index contributed by atoms with van der Waals surface area (Å²) in [5.74, 6) is -0.737. The third-order valence-electron chi connectivity index (χ3n) is 8.27. The molecule has 0 aliphatic heterocycles. The van der Waals surface area contributed by atoms with Crippen LogP contribution >= 0.6 is 11.3 Å². The number of nitro groups is 1. The number of amides is 6.